The van der Waals surface area contributed by atoms with Gasteiger partial charge in [0.25, 0.3) is 0 Å². The number of piperazine rings is 1. The Bertz CT molecular complexity index is 1470. The summed E-state index contributed by atoms with van der Waals surface area (Å²) in [7, 11) is 2.18. The van der Waals surface area contributed by atoms with Crippen LogP contribution in [0.5, 0.6) is 0 Å². The molecule has 36 heavy (non-hydrogen) atoms. The number of fused-ring (bicyclic) bond motifs is 1. The number of imidazole rings is 1. The summed E-state index contributed by atoms with van der Waals surface area (Å²) in [6.45, 7) is 9.56. The number of hydrogen-bond acceptors (Lipinski definition) is 5. The van der Waals surface area contributed by atoms with Gasteiger partial charge in [-0.15, -0.1) is 0 Å². The van der Waals surface area contributed by atoms with E-state index in [4.69, 9.17) is 0 Å². The van der Waals surface area contributed by atoms with Crippen LogP contribution in [0.4, 0.5) is 0 Å². The molecule has 6 heteroatoms. The van der Waals surface area contributed by atoms with Crippen molar-refractivity contribution in [2.75, 3.05) is 33.2 Å². The molecule has 3 heterocycles. The van der Waals surface area contributed by atoms with E-state index in [1.165, 1.54) is 11.1 Å². The van der Waals surface area contributed by atoms with Crippen molar-refractivity contribution in [3.63, 3.8) is 0 Å². The first kappa shape index (κ1) is 23.9. The maximum absolute atomic E-state index is 13.1. The quantitative estimate of drug-likeness (QED) is 0.322. The Morgan fingerprint density at radius 2 is 1.81 bits per heavy atom. The van der Waals surface area contributed by atoms with E-state index in [0.29, 0.717) is 12.0 Å². The number of Topliss-reactive ketones (excluding diaryl/α,β-unsaturated/α-hetero) is 1. The first-order valence-corrected chi connectivity index (χ1v) is 12.4. The fourth-order valence-corrected chi connectivity index (χ4v) is 4.58. The Labute approximate surface area is 212 Å². The number of carbonyl (C=O) groups is 1. The number of carbonyl (C=O) groups excluding carboxylic acids is 1. The Balaban J connectivity index is 1.29. The van der Waals surface area contributed by atoms with E-state index < -0.39 is 0 Å². The van der Waals surface area contributed by atoms with Gasteiger partial charge in [-0.25, -0.2) is 4.98 Å². The number of likely N-dealkylation sites (N-methyl/N-ethyl adjacent to an activating group) is 1. The van der Waals surface area contributed by atoms with Gasteiger partial charge in [-0.3, -0.25) is 19.1 Å². The summed E-state index contributed by atoms with van der Waals surface area (Å²) in [4.78, 5) is 26.4. The minimum Gasteiger partial charge on any atom is -0.304 e. The third-order valence-corrected chi connectivity index (χ3v) is 6.96. The molecule has 0 saturated carbocycles. The molecule has 1 saturated heterocycles. The van der Waals surface area contributed by atoms with Gasteiger partial charge in [0.2, 0.25) is 0 Å². The van der Waals surface area contributed by atoms with Gasteiger partial charge in [0, 0.05) is 62.7 Å². The molecule has 4 aromatic rings. The minimum absolute atomic E-state index is 0.102. The smallest absolute Gasteiger partial charge is 0.167 e. The summed E-state index contributed by atoms with van der Waals surface area (Å²) in [5, 5.41) is 0. The van der Waals surface area contributed by atoms with E-state index in [-0.39, 0.29) is 5.78 Å². The van der Waals surface area contributed by atoms with Gasteiger partial charge in [0.15, 0.2) is 11.4 Å². The fourth-order valence-electron chi connectivity index (χ4n) is 4.58. The SMILES string of the molecule is Cc1ccc(C(=O)Cc2ccc(CN3CCN(C)CC3)c(C)c2)cc1C#Cc1cnc2cnccn12. The van der Waals surface area contributed by atoms with Crippen LogP contribution in [0.25, 0.3) is 5.65 Å². The molecule has 1 aliphatic rings. The predicted molar refractivity (Wildman–Crippen MR) is 142 cm³/mol. The lowest BCUT2D eigenvalue weighted by Gasteiger charge is -2.32. The average molecular weight is 478 g/mol. The monoisotopic (exact) mass is 477 g/mol. The van der Waals surface area contributed by atoms with E-state index in [1.54, 1.807) is 18.6 Å². The summed E-state index contributed by atoms with van der Waals surface area (Å²) >= 11 is 0. The molecule has 0 N–H and O–H groups in total. The molecule has 0 bridgehead atoms. The maximum atomic E-state index is 13.1. The molecule has 0 unspecified atom stereocenters. The third-order valence-electron chi connectivity index (χ3n) is 6.96. The molecule has 0 aliphatic carbocycles. The lowest BCUT2D eigenvalue weighted by atomic mass is 9.96. The van der Waals surface area contributed by atoms with Crippen molar-refractivity contribution in [1.29, 1.82) is 0 Å². The Morgan fingerprint density at radius 3 is 2.61 bits per heavy atom. The summed E-state index contributed by atoms with van der Waals surface area (Å²) in [6, 6.07) is 12.2. The van der Waals surface area contributed by atoms with Crippen LogP contribution in [-0.2, 0) is 13.0 Å². The maximum Gasteiger partial charge on any atom is 0.167 e. The van der Waals surface area contributed by atoms with Gasteiger partial charge in [0.05, 0.1) is 12.4 Å². The van der Waals surface area contributed by atoms with Crippen molar-refractivity contribution in [2.24, 2.45) is 0 Å². The number of benzene rings is 2. The minimum atomic E-state index is 0.102. The number of aromatic nitrogens is 3. The zero-order valence-corrected chi connectivity index (χ0v) is 21.2. The highest BCUT2D eigenvalue weighted by atomic mass is 16.1. The van der Waals surface area contributed by atoms with Gasteiger partial charge >= 0.3 is 0 Å². The van der Waals surface area contributed by atoms with Crippen LogP contribution >= 0.6 is 0 Å². The highest BCUT2D eigenvalue weighted by Gasteiger charge is 2.15. The number of aryl methyl sites for hydroxylation is 2. The predicted octanol–water partition coefficient (Wildman–Crippen LogP) is 3.92. The highest BCUT2D eigenvalue weighted by Crippen LogP contribution is 2.18. The molecule has 0 atom stereocenters. The second kappa shape index (κ2) is 10.4. The third kappa shape index (κ3) is 5.38. The van der Waals surface area contributed by atoms with Crippen molar-refractivity contribution >= 4 is 11.4 Å². The van der Waals surface area contributed by atoms with Crippen LogP contribution in [-0.4, -0.2) is 63.2 Å². The number of ketones is 1. The lowest BCUT2D eigenvalue weighted by Crippen LogP contribution is -2.43. The largest absolute Gasteiger partial charge is 0.304 e. The van der Waals surface area contributed by atoms with Crippen molar-refractivity contribution < 1.29 is 4.79 Å². The van der Waals surface area contributed by atoms with Crippen LogP contribution < -0.4 is 0 Å². The molecule has 6 nitrogen and oxygen atoms in total. The summed E-state index contributed by atoms with van der Waals surface area (Å²) in [5.41, 5.74) is 7.76. The van der Waals surface area contributed by atoms with E-state index >= 15 is 0 Å². The number of hydrogen-bond donors (Lipinski definition) is 0. The topological polar surface area (TPSA) is 53.7 Å². The van der Waals surface area contributed by atoms with Gasteiger partial charge < -0.3 is 4.90 Å². The lowest BCUT2D eigenvalue weighted by molar-refractivity contribution is 0.0993. The van der Waals surface area contributed by atoms with Crippen molar-refractivity contribution in [1.82, 2.24) is 24.2 Å². The fraction of sp³-hybridized carbons (Fsp3) is 0.300. The van der Waals surface area contributed by atoms with E-state index in [0.717, 1.165) is 60.8 Å². The molecule has 0 amide bonds. The first-order chi connectivity index (χ1) is 17.5. The second-order valence-electron chi connectivity index (χ2n) is 9.67. The molecule has 0 spiro atoms. The average Bonchev–Trinajstić information content (AvgIpc) is 3.29. The Kier molecular flexibility index (Phi) is 6.95. The Hall–Kier alpha value is -3.79. The van der Waals surface area contributed by atoms with Gasteiger partial charge in [-0.05, 0) is 55.1 Å². The highest BCUT2D eigenvalue weighted by molar-refractivity contribution is 5.98. The zero-order valence-electron chi connectivity index (χ0n) is 21.2. The normalized spacial score (nSPS) is 14.5. The summed E-state index contributed by atoms with van der Waals surface area (Å²) < 4.78 is 1.90. The van der Waals surface area contributed by atoms with E-state index in [9.17, 15) is 4.79 Å². The van der Waals surface area contributed by atoms with Crippen molar-refractivity contribution in [3.05, 3.63) is 100 Å². The van der Waals surface area contributed by atoms with E-state index in [2.05, 4.69) is 63.8 Å². The van der Waals surface area contributed by atoms with Crippen LogP contribution in [0, 0.1) is 25.7 Å². The van der Waals surface area contributed by atoms with Crippen molar-refractivity contribution in [3.8, 4) is 11.8 Å². The summed E-state index contributed by atoms with van der Waals surface area (Å²) in [5.74, 6) is 6.53. The van der Waals surface area contributed by atoms with Gasteiger partial charge in [-0.2, -0.15) is 0 Å². The van der Waals surface area contributed by atoms with Crippen molar-refractivity contribution in [2.45, 2.75) is 26.8 Å². The molecule has 2 aromatic heterocycles. The molecule has 5 rings (SSSR count). The molecule has 0 radical (unpaired) electrons. The van der Waals surface area contributed by atoms with Crippen LogP contribution in [0.2, 0.25) is 0 Å². The van der Waals surface area contributed by atoms with Crippen LogP contribution in [0.1, 0.15) is 43.9 Å². The second-order valence-corrected chi connectivity index (χ2v) is 9.67. The molecule has 1 fully saturated rings. The number of rotatable bonds is 5. The molecular weight excluding hydrogens is 446 g/mol. The zero-order chi connectivity index (χ0) is 25.1. The molecule has 182 valence electrons. The van der Waals surface area contributed by atoms with Crippen LogP contribution in [0.3, 0.4) is 0 Å². The van der Waals surface area contributed by atoms with E-state index in [1.807, 2.05) is 35.7 Å². The van der Waals surface area contributed by atoms with Gasteiger partial charge in [-0.1, -0.05) is 36.3 Å². The summed E-state index contributed by atoms with van der Waals surface area (Å²) in [6.07, 6.45) is 7.38. The standard InChI is InChI=1S/C30H31N5O/c1-22-4-6-26(18-25(22)8-9-28-19-32-30-20-31-10-11-35(28)30)29(36)17-24-5-7-27(23(2)16-24)21-34-14-12-33(3)13-15-34/h4-7,10-11,16,18-20H,12-15,17,21H2,1-3H3. The van der Waals surface area contributed by atoms with Gasteiger partial charge in [0.1, 0.15) is 5.69 Å². The first-order valence-electron chi connectivity index (χ1n) is 12.4. The molecule has 1 aliphatic heterocycles. The Morgan fingerprint density at radius 1 is 0.972 bits per heavy atom. The molecular formula is C30H31N5O. The number of nitrogens with zero attached hydrogens (tertiary/aromatic N) is 5. The molecule has 2 aromatic carbocycles. The van der Waals surface area contributed by atoms with Crippen LogP contribution in [0.15, 0.2) is 61.2 Å².